The first-order chi connectivity index (χ1) is 6.21. The lowest BCUT2D eigenvalue weighted by Crippen LogP contribution is -2.45. The fourth-order valence-corrected chi connectivity index (χ4v) is 1.92. The van der Waals surface area contributed by atoms with E-state index in [4.69, 9.17) is 5.73 Å². The van der Waals surface area contributed by atoms with Gasteiger partial charge in [-0.15, -0.1) is 0 Å². The minimum absolute atomic E-state index is 0.588. The van der Waals surface area contributed by atoms with E-state index in [0.717, 1.165) is 13.1 Å². The molecular formula is C11H26N2. The number of rotatable bonds is 7. The van der Waals surface area contributed by atoms with Gasteiger partial charge in [-0.05, 0) is 26.3 Å². The van der Waals surface area contributed by atoms with E-state index in [-0.39, 0.29) is 0 Å². The minimum Gasteiger partial charge on any atom is -0.329 e. The molecule has 0 spiro atoms. The molecule has 0 aliphatic rings. The van der Waals surface area contributed by atoms with Crippen LogP contribution in [0.25, 0.3) is 0 Å². The molecule has 0 aliphatic heterocycles. The zero-order valence-electron chi connectivity index (χ0n) is 9.71. The smallest absolute Gasteiger partial charge is 0.0221 e. The molecule has 0 radical (unpaired) electrons. The molecule has 0 aromatic heterocycles. The molecule has 0 saturated heterocycles. The Morgan fingerprint density at radius 2 is 1.85 bits per heavy atom. The first kappa shape index (κ1) is 12.9. The van der Waals surface area contributed by atoms with Crippen LogP contribution in [0, 0.1) is 0 Å². The fraction of sp³-hybridized carbons (Fsp3) is 1.00. The zero-order valence-corrected chi connectivity index (χ0v) is 9.71. The van der Waals surface area contributed by atoms with Gasteiger partial charge in [0.15, 0.2) is 0 Å². The van der Waals surface area contributed by atoms with Crippen molar-refractivity contribution in [2.45, 2.75) is 59.0 Å². The van der Waals surface area contributed by atoms with Gasteiger partial charge in [-0.3, -0.25) is 4.90 Å². The highest BCUT2D eigenvalue weighted by Crippen LogP contribution is 2.11. The third-order valence-corrected chi connectivity index (χ3v) is 2.89. The highest BCUT2D eigenvalue weighted by atomic mass is 15.2. The molecule has 2 unspecified atom stereocenters. The summed E-state index contributed by atoms with van der Waals surface area (Å²) in [6, 6.07) is 1.26. The number of hydrogen-bond donors (Lipinski definition) is 1. The van der Waals surface area contributed by atoms with Crippen LogP contribution in [0.15, 0.2) is 0 Å². The van der Waals surface area contributed by atoms with Crippen molar-refractivity contribution in [2.24, 2.45) is 5.73 Å². The number of likely N-dealkylation sites (N-methyl/N-ethyl adjacent to an activating group) is 1. The van der Waals surface area contributed by atoms with E-state index in [1.807, 2.05) is 0 Å². The predicted octanol–water partition coefficient (Wildman–Crippen LogP) is 2.23. The van der Waals surface area contributed by atoms with Crippen LogP contribution >= 0.6 is 0 Å². The lowest BCUT2D eigenvalue weighted by Gasteiger charge is -2.34. The fourth-order valence-electron chi connectivity index (χ4n) is 1.92. The molecule has 0 saturated carbocycles. The molecule has 2 nitrogen and oxygen atoms in total. The lowest BCUT2D eigenvalue weighted by molar-refractivity contribution is 0.143. The summed E-state index contributed by atoms with van der Waals surface area (Å²) in [6.07, 6.45) is 3.68. The Morgan fingerprint density at radius 1 is 1.23 bits per heavy atom. The maximum Gasteiger partial charge on any atom is 0.0221 e. The van der Waals surface area contributed by atoms with E-state index in [9.17, 15) is 0 Å². The summed E-state index contributed by atoms with van der Waals surface area (Å²) >= 11 is 0. The SMILES string of the molecule is CCCC(CN)N(CC)C(C)CC. The molecule has 0 rings (SSSR count). The molecule has 0 amide bonds. The van der Waals surface area contributed by atoms with Gasteiger partial charge in [-0.1, -0.05) is 27.2 Å². The molecule has 2 atom stereocenters. The molecule has 2 heteroatoms. The molecule has 13 heavy (non-hydrogen) atoms. The Morgan fingerprint density at radius 3 is 2.15 bits per heavy atom. The Balaban J connectivity index is 4.15. The highest BCUT2D eigenvalue weighted by Gasteiger charge is 2.18. The predicted molar refractivity (Wildman–Crippen MR) is 59.9 cm³/mol. The zero-order chi connectivity index (χ0) is 10.3. The van der Waals surface area contributed by atoms with Crippen LogP contribution < -0.4 is 5.73 Å². The normalized spacial score (nSPS) is 16.2. The standard InChI is InChI=1S/C11H26N2/c1-5-8-11(9-12)13(7-3)10(4)6-2/h10-11H,5-9,12H2,1-4H3. The van der Waals surface area contributed by atoms with E-state index in [1.54, 1.807) is 0 Å². The number of hydrogen-bond acceptors (Lipinski definition) is 2. The average Bonchev–Trinajstić information content (AvgIpc) is 2.17. The summed E-state index contributed by atoms with van der Waals surface area (Å²) in [5.41, 5.74) is 5.79. The highest BCUT2D eigenvalue weighted by molar-refractivity contribution is 4.75. The second kappa shape index (κ2) is 7.34. The molecule has 2 N–H and O–H groups in total. The summed E-state index contributed by atoms with van der Waals surface area (Å²) in [6.45, 7) is 10.9. The van der Waals surface area contributed by atoms with Crippen molar-refractivity contribution in [1.82, 2.24) is 4.90 Å². The van der Waals surface area contributed by atoms with Gasteiger partial charge in [0.2, 0.25) is 0 Å². The number of nitrogens with two attached hydrogens (primary N) is 1. The first-order valence-corrected chi connectivity index (χ1v) is 5.66. The summed E-state index contributed by atoms with van der Waals surface area (Å²) in [5.74, 6) is 0. The van der Waals surface area contributed by atoms with Gasteiger partial charge in [0.1, 0.15) is 0 Å². The van der Waals surface area contributed by atoms with Crippen LogP contribution in [0.2, 0.25) is 0 Å². The van der Waals surface area contributed by atoms with Gasteiger partial charge >= 0.3 is 0 Å². The first-order valence-electron chi connectivity index (χ1n) is 5.66. The summed E-state index contributed by atoms with van der Waals surface area (Å²) in [5, 5.41) is 0. The van der Waals surface area contributed by atoms with Crippen LogP contribution in [-0.4, -0.2) is 30.1 Å². The van der Waals surface area contributed by atoms with Crippen LogP contribution in [0.3, 0.4) is 0 Å². The summed E-state index contributed by atoms with van der Waals surface area (Å²) in [7, 11) is 0. The third-order valence-electron chi connectivity index (χ3n) is 2.89. The van der Waals surface area contributed by atoms with Crippen LogP contribution in [0.4, 0.5) is 0 Å². The van der Waals surface area contributed by atoms with Crippen molar-refractivity contribution in [3.63, 3.8) is 0 Å². The van der Waals surface area contributed by atoms with E-state index in [1.165, 1.54) is 19.3 Å². The van der Waals surface area contributed by atoms with E-state index < -0.39 is 0 Å². The maximum absolute atomic E-state index is 5.79. The average molecular weight is 186 g/mol. The van der Waals surface area contributed by atoms with Crippen molar-refractivity contribution < 1.29 is 0 Å². The Bertz CT molecular complexity index is 115. The summed E-state index contributed by atoms with van der Waals surface area (Å²) < 4.78 is 0. The third kappa shape index (κ3) is 4.10. The molecule has 80 valence electrons. The van der Waals surface area contributed by atoms with Gasteiger partial charge in [-0.25, -0.2) is 0 Å². The summed E-state index contributed by atoms with van der Waals surface area (Å²) in [4.78, 5) is 2.53. The largest absolute Gasteiger partial charge is 0.329 e. The van der Waals surface area contributed by atoms with Crippen molar-refractivity contribution in [3.05, 3.63) is 0 Å². The van der Waals surface area contributed by atoms with Crippen molar-refractivity contribution in [1.29, 1.82) is 0 Å². The van der Waals surface area contributed by atoms with Crippen LogP contribution in [0.1, 0.15) is 47.0 Å². The Hall–Kier alpha value is -0.0800. The van der Waals surface area contributed by atoms with Gasteiger partial charge in [-0.2, -0.15) is 0 Å². The minimum atomic E-state index is 0.588. The van der Waals surface area contributed by atoms with E-state index in [2.05, 4.69) is 32.6 Å². The Labute approximate surface area is 83.5 Å². The molecule has 0 aromatic carbocycles. The Kier molecular flexibility index (Phi) is 7.29. The lowest BCUT2D eigenvalue weighted by atomic mass is 10.1. The van der Waals surface area contributed by atoms with E-state index >= 15 is 0 Å². The quantitative estimate of drug-likeness (QED) is 0.660. The topological polar surface area (TPSA) is 29.3 Å². The molecule has 0 aromatic rings. The van der Waals surface area contributed by atoms with Gasteiger partial charge in [0, 0.05) is 18.6 Å². The van der Waals surface area contributed by atoms with Crippen molar-refractivity contribution in [3.8, 4) is 0 Å². The van der Waals surface area contributed by atoms with Crippen molar-refractivity contribution >= 4 is 0 Å². The molecule has 0 aliphatic carbocycles. The van der Waals surface area contributed by atoms with Crippen LogP contribution in [0.5, 0.6) is 0 Å². The van der Waals surface area contributed by atoms with Crippen LogP contribution in [-0.2, 0) is 0 Å². The number of nitrogens with zero attached hydrogens (tertiary/aromatic N) is 1. The van der Waals surface area contributed by atoms with Gasteiger partial charge in [0.05, 0.1) is 0 Å². The monoisotopic (exact) mass is 186 g/mol. The molecule has 0 heterocycles. The second-order valence-electron chi connectivity index (χ2n) is 3.77. The maximum atomic E-state index is 5.79. The second-order valence-corrected chi connectivity index (χ2v) is 3.77. The molecule has 0 bridgehead atoms. The van der Waals surface area contributed by atoms with E-state index in [0.29, 0.717) is 12.1 Å². The van der Waals surface area contributed by atoms with Crippen molar-refractivity contribution in [2.75, 3.05) is 13.1 Å². The molecular weight excluding hydrogens is 160 g/mol. The van der Waals surface area contributed by atoms with Gasteiger partial charge < -0.3 is 5.73 Å². The molecule has 0 fully saturated rings. The van der Waals surface area contributed by atoms with Gasteiger partial charge in [0.25, 0.3) is 0 Å².